The van der Waals surface area contributed by atoms with Crippen molar-refractivity contribution in [3.8, 4) is 0 Å². The van der Waals surface area contributed by atoms with E-state index in [4.69, 9.17) is 5.11 Å². The Kier molecular flexibility index (Phi) is 3.90. The molecule has 2 rings (SSSR count). The predicted octanol–water partition coefficient (Wildman–Crippen LogP) is 0.0526. The zero-order chi connectivity index (χ0) is 14.2. The number of aliphatic carboxylic acids is 1. The number of pyridine rings is 1. The number of aromatic nitrogens is 1. The van der Waals surface area contributed by atoms with Gasteiger partial charge in [0.2, 0.25) is 10.0 Å². The van der Waals surface area contributed by atoms with Crippen LogP contribution in [0.3, 0.4) is 0 Å². The maximum absolute atomic E-state index is 12.3. The minimum Gasteiger partial charge on any atom is -0.480 e. The summed E-state index contributed by atoms with van der Waals surface area (Å²) >= 11 is 3.11. The molecular formula is C10H11BrN2O5S. The molecule has 2 N–H and O–H groups in total. The quantitative estimate of drug-likeness (QED) is 0.797. The van der Waals surface area contributed by atoms with E-state index in [1.54, 1.807) is 0 Å². The largest absolute Gasteiger partial charge is 0.480 e. The molecule has 104 valence electrons. The lowest BCUT2D eigenvalue weighted by Gasteiger charge is -2.20. The van der Waals surface area contributed by atoms with Crippen molar-refractivity contribution in [2.45, 2.75) is 23.5 Å². The molecule has 2 heterocycles. The van der Waals surface area contributed by atoms with Crippen LogP contribution in [0, 0.1) is 0 Å². The van der Waals surface area contributed by atoms with E-state index < -0.39 is 28.1 Å². The van der Waals surface area contributed by atoms with Gasteiger partial charge in [-0.2, -0.15) is 4.31 Å². The molecule has 0 aromatic carbocycles. The normalized spacial score (nSPS) is 24.5. The van der Waals surface area contributed by atoms with Crippen LogP contribution in [0.1, 0.15) is 6.42 Å². The molecule has 0 bridgehead atoms. The zero-order valence-electron chi connectivity index (χ0n) is 9.60. The highest BCUT2D eigenvalue weighted by Gasteiger charge is 2.43. The second-order valence-electron chi connectivity index (χ2n) is 4.16. The van der Waals surface area contributed by atoms with Gasteiger partial charge in [0, 0.05) is 29.8 Å². The molecule has 0 spiro atoms. The van der Waals surface area contributed by atoms with Gasteiger partial charge in [-0.25, -0.2) is 8.42 Å². The smallest absolute Gasteiger partial charge is 0.322 e. The molecule has 0 saturated carbocycles. The summed E-state index contributed by atoms with van der Waals surface area (Å²) in [7, 11) is -3.99. The Bertz CT molecular complexity index is 606. The van der Waals surface area contributed by atoms with Gasteiger partial charge in [-0.1, -0.05) is 0 Å². The van der Waals surface area contributed by atoms with Crippen molar-refractivity contribution in [3.63, 3.8) is 0 Å². The van der Waals surface area contributed by atoms with Crippen LogP contribution in [-0.2, 0) is 14.8 Å². The highest BCUT2D eigenvalue weighted by atomic mass is 79.9. The fourth-order valence-electron chi connectivity index (χ4n) is 1.94. The second kappa shape index (κ2) is 5.16. The highest BCUT2D eigenvalue weighted by Crippen LogP contribution is 2.27. The minimum atomic E-state index is -3.99. The molecule has 0 aliphatic carbocycles. The van der Waals surface area contributed by atoms with Gasteiger partial charge in [-0.05, 0) is 22.0 Å². The third-order valence-electron chi connectivity index (χ3n) is 2.81. The molecule has 1 aromatic rings. The van der Waals surface area contributed by atoms with Crippen molar-refractivity contribution in [1.29, 1.82) is 0 Å². The maximum Gasteiger partial charge on any atom is 0.322 e. The predicted molar refractivity (Wildman–Crippen MR) is 67.9 cm³/mol. The Balaban J connectivity index is 2.41. The molecule has 7 nitrogen and oxygen atoms in total. The Labute approximate surface area is 118 Å². The number of rotatable bonds is 3. The fourth-order valence-corrected chi connectivity index (χ4v) is 4.08. The molecule has 0 radical (unpaired) electrons. The number of aliphatic hydroxyl groups is 1. The topological polar surface area (TPSA) is 108 Å². The van der Waals surface area contributed by atoms with Crippen molar-refractivity contribution in [3.05, 3.63) is 22.9 Å². The minimum absolute atomic E-state index is 0.109. The standard InChI is InChI=1S/C10H11BrN2O5S/c11-6-1-8(4-12-3-6)19(17,18)13-5-7(14)2-9(13)10(15)16/h1,3-4,7,9,14H,2,5H2,(H,15,16)/t7?,9-/m0/s1. The third-order valence-corrected chi connectivity index (χ3v) is 5.08. The Hall–Kier alpha value is -1.03. The summed E-state index contributed by atoms with van der Waals surface area (Å²) in [4.78, 5) is 14.7. The van der Waals surface area contributed by atoms with E-state index in [2.05, 4.69) is 20.9 Å². The molecule has 1 aliphatic heterocycles. The van der Waals surface area contributed by atoms with E-state index in [0.29, 0.717) is 4.47 Å². The van der Waals surface area contributed by atoms with Crippen LogP contribution < -0.4 is 0 Å². The summed E-state index contributed by atoms with van der Waals surface area (Å²) in [6.07, 6.45) is 1.47. The van der Waals surface area contributed by atoms with Crippen LogP contribution in [0.4, 0.5) is 0 Å². The maximum atomic E-state index is 12.3. The van der Waals surface area contributed by atoms with Crippen LogP contribution in [0.2, 0.25) is 0 Å². The molecule has 1 aromatic heterocycles. The van der Waals surface area contributed by atoms with Gasteiger partial charge in [0.15, 0.2) is 0 Å². The zero-order valence-corrected chi connectivity index (χ0v) is 12.0. The lowest BCUT2D eigenvalue weighted by atomic mass is 10.2. The highest BCUT2D eigenvalue weighted by molar-refractivity contribution is 9.10. The average molecular weight is 351 g/mol. The molecule has 0 amide bonds. The van der Waals surface area contributed by atoms with Gasteiger partial charge in [-0.3, -0.25) is 9.78 Å². The Morgan fingerprint density at radius 1 is 1.47 bits per heavy atom. The Morgan fingerprint density at radius 2 is 2.16 bits per heavy atom. The first kappa shape index (κ1) is 14.4. The summed E-state index contributed by atoms with van der Waals surface area (Å²) < 4.78 is 25.9. The second-order valence-corrected chi connectivity index (χ2v) is 6.96. The summed E-state index contributed by atoms with van der Waals surface area (Å²) in [6, 6.07) is 0.0883. The molecular weight excluding hydrogens is 340 g/mol. The molecule has 1 fully saturated rings. The third kappa shape index (κ3) is 2.78. The number of β-amino-alcohol motifs (C(OH)–C–C–N with tert-alkyl or cyclic N) is 1. The van der Waals surface area contributed by atoms with Crippen molar-refractivity contribution in [1.82, 2.24) is 9.29 Å². The summed E-state index contributed by atoms with van der Waals surface area (Å²) in [5.74, 6) is -1.27. The molecule has 2 atom stereocenters. The van der Waals surface area contributed by atoms with E-state index in [-0.39, 0.29) is 17.9 Å². The lowest BCUT2D eigenvalue weighted by molar-refractivity contribution is -0.140. The SMILES string of the molecule is O=C(O)[C@@H]1CC(O)CN1S(=O)(=O)c1cncc(Br)c1. The average Bonchev–Trinajstić information content (AvgIpc) is 2.72. The van der Waals surface area contributed by atoms with Crippen LogP contribution in [-0.4, -0.2) is 52.6 Å². The van der Waals surface area contributed by atoms with E-state index >= 15 is 0 Å². The molecule has 1 aliphatic rings. The summed E-state index contributed by atoms with van der Waals surface area (Å²) in [5, 5.41) is 18.5. The van der Waals surface area contributed by atoms with E-state index in [1.165, 1.54) is 12.3 Å². The molecule has 1 saturated heterocycles. The van der Waals surface area contributed by atoms with Crippen LogP contribution in [0.15, 0.2) is 27.8 Å². The van der Waals surface area contributed by atoms with Gasteiger partial charge in [0.05, 0.1) is 6.10 Å². The van der Waals surface area contributed by atoms with E-state index in [9.17, 15) is 18.3 Å². The fraction of sp³-hybridized carbons (Fsp3) is 0.400. The van der Waals surface area contributed by atoms with Gasteiger partial charge >= 0.3 is 5.97 Å². The van der Waals surface area contributed by atoms with Crippen molar-refractivity contribution < 1.29 is 23.4 Å². The lowest BCUT2D eigenvalue weighted by Crippen LogP contribution is -2.40. The van der Waals surface area contributed by atoms with E-state index in [1.807, 2.05) is 0 Å². The van der Waals surface area contributed by atoms with Crippen LogP contribution in [0.5, 0.6) is 0 Å². The number of hydrogen-bond donors (Lipinski definition) is 2. The van der Waals surface area contributed by atoms with Gasteiger partial charge in [0.25, 0.3) is 0 Å². The van der Waals surface area contributed by atoms with Gasteiger partial charge < -0.3 is 10.2 Å². The monoisotopic (exact) mass is 350 g/mol. The molecule has 1 unspecified atom stereocenters. The van der Waals surface area contributed by atoms with E-state index in [0.717, 1.165) is 10.5 Å². The van der Waals surface area contributed by atoms with Crippen molar-refractivity contribution in [2.75, 3.05) is 6.54 Å². The summed E-state index contributed by atoms with van der Waals surface area (Å²) in [6.45, 7) is -0.230. The number of carbonyl (C=O) groups is 1. The number of carboxylic acid groups (broad SMARTS) is 1. The van der Waals surface area contributed by atoms with Gasteiger partial charge in [-0.15, -0.1) is 0 Å². The first-order valence-corrected chi connectivity index (χ1v) is 7.59. The first-order valence-electron chi connectivity index (χ1n) is 5.35. The number of sulfonamides is 1. The van der Waals surface area contributed by atoms with Crippen LogP contribution >= 0.6 is 15.9 Å². The summed E-state index contributed by atoms with van der Waals surface area (Å²) in [5.41, 5.74) is 0. The van der Waals surface area contributed by atoms with Crippen molar-refractivity contribution in [2.24, 2.45) is 0 Å². The Morgan fingerprint density at radius 3 is 2.74 bits per heavy atom. The number of aliphatic hydroxyl groups excluding tert-OH is 1. The van der Waals surface area contributed by atoms with Crippen LogP contribution in [0.25, 0.3) is 0 Å². The van der Waals surface area contributed by atoms with Gasteiger partial charge in [0.1, 0.15) is 10.9 Å². The van der Waals surface area contributed by atoms with Crippen molar-refractivity contribution >= 4 is 31.9 Å². The molecule has 19 heavy (non-hydrogen) atoms. The number of nitrogens with zero attached hydrogens (tertiary/aromatic N) is 2. The number of halogens is 1. The number of carboxylic acids is 1. The number of hydrogen-bond acceptors (Lipinski definition) is 5. The first-order chi connectivity index (χ1) is 8.82. The molecule has 9 heteroatoms.